The molecule has 0 aliphatic carbocycles. The van der Waals surface area contributed by atoms with Crippen LogP contribution in [-0.4, -0.2) is 31.6 Å². The number of hydrogen-bond acceptors (Lipinski definition) is 3. The van der Waals surface area contributed by atoms with E-state index >= 15 is 0 Å². The third kappa shape index (κ3) is 5.56. The fourth-order valence-corrected chi connectivity index (χ4v) is 2.52. The highest BCUT2D eigenvalue weighted by atomic mass is 35.5. The first-order valence-electron chi connectivity index (χ1n) is 7.54. The Hall–Kier alpha value is -1.26. The second-order valence-corrected chi connectivity index (χ2v) is 5.88. The van der Waals surface area contributed by atoms with Gasteiger partial charge in [-0.15, -0.1) is 0 Å². The molecule has 1 aromatic carbocycles. The van der Waals surface area contributed by atoms with Crippen molar-refractivity contribution in [2.75, 3.05) is 19.7 Å². The summed E-state index contributed by atoms with van der Waals surface area (Å²) in [6.07, 6.45) is 3.42. The van der Waals surface area contributed by atoms with E-state index in [4.69, 9.17) is 16.3 Å². The molecule has 0 saturated carbocycles. The van der Waals surface area contributed by atoms with E-state index in [2.05, 4.69) is 10.6 Å². The average molecular weight is 311 g/mol. The zero-order valence-electron chi connectivity index (χ0n) is 12.5. The van der Waals surface area contributed by atoms with Gasteiger partial charge in [0, 0.05) is 24.0 Å². The van der Waals surface area contributed by atoms with E-state index in [1.54, 1.807) is 0 Å². The lowest BCUT2D eigenvalue weighted by Crippen LogP contribution is -2.45. The Balaban J connectivity index is 1.62. The molecule has 0 aromatic heterocycles. The van der Waals surface area contributed by atoms with Crippen molar-refractivity contribution < 1.29 is 9.53 Å². The Morgan fingerprint density at radius 1 is 1.52 bits per heavy atom. The summed E-state index contributed by atoms with van der Waals surface area (Å²) in [5.41, 5.74) is 0.997. The molecule has 0 bridgehead atoms. The molecule has 1 aliphatic rings. The average Bonchev–Trinajstić information content (AvgIpc) is 2.48. The van der Waals surface area contributed by atoms with Crippen molar-refractivity contribution in [2.45, 2.75) is 38.6 Å². The smallest absolute Gasteiger partial charge is 0.220 e. The molecule has 1 atom stereocenters. The maximum Gasteiger partial charge on any atom is 0.220 e. The molecule has 1 amide bonds. The Bertz CT molecular complexity index is 473. The van der Waals surface area contributed by atoms with Gasteiger partial charge in [0.05, 0.1) is 6.61 Å². The lowest BCUT2D eigenvalue weighted by molar-refractivity contribution is -0.122. The molecule has 1 heterocycles. The maximum absolute atomic E-state index is 11.8. The Labute approximate surface area is 131 Å². The number of benzene rings is 1. The fraction of sp³-hybridized carbons (Fsp3) is 0.562. The second kappa shape index (κ2) is 8.25. The van der Waals surface area contributed by atoms with Crippen LogP contribution in [0.25, 0.3) is 0 Å². The Kier molecular flexibility index (Phi) is 6.33. The number of amides is 1. The Morgan fingerprint density at radius 3 is 3.10 bits per heavy atom. The van der Waals surface area contributed by atoms with E-state index in [0.29, 0.717) is 19.4 Å². The van der Waals surface area contributed by atoms with Gasteiger partial charge in [-0.1, -0.05) is 11.6 Å². The molecule has 2 rings (SSSR count). The van der Waals surface area contributed by atoms with E-state index in [0.717, 1.165) is 42.3 Å². The molecule has 116 valence electrons. The highest BCUT2D eigenvalue weighted by molar-refractivity contribution is 6.31. The van der Waals surface area contributed by atoms with Gasteiger partial charge >= 0.3 is 0 Å². The lowest BCUT2D eigenvalue weighted by atomic mass is 10.1. The van der Waals surface area contributed by atoms with Gasteiger partial charge < -0.3 is 15.4 Å². The van der Waals surface area contributed by atoms with Gasteiger partial charge in [-0.3, -0.25) is 4.79 Å². The van der Waals surface area contributed by atoms with Gasteiger partial charge in [-0.25, -0.2) is 0 Å². The third-order valence-corrected chi connectivity index (χ3v) is 4.03. The number of aryl methyl sites for hydroxylation is 1. The minimum atomic E-state index is 0.111. The molecule has 1 fully saturated rings. The molecule has 4 nitrogen and oxygen atoms in total. The molecule has 2 N–H and O–H groups in total. The Morgan fingerprint density at radius 2 is 2.38 bits per heavy atom. The quantitative estimate of drug-likeness (QED) is 0.794. The third-order valence-electron chi connectivity index (χ3n) is 3.61. The SMILES string of the molecule is Cc1cc(OCCCC(=O)NC2CCCNC2)ccc1Cl. The summed E-state index contributed by atoms with van der Waals surface area (Å²) in [6, 6.07) is 5.87. The number of hydrogen-bond donors (Lipinski definition) is 2. The van der Waals surface area contributed by atoms with Crippen molar-refractivity contribution in [3.05, 3.63) is 28.8 Å². The van der Waals surface area contributed by atoms with Gasteiger partial charge in [0.1, 0.15) is 5.75 Å². The number of rotatable bonds is 6. The van der Waals surface area contributed by atoms with Crippen LogP contribution in [0.2, 0.25) is 5.02 Å². The summed E-state index contributed by atoms with van der Waals surface area (Å²) in [5.74, 6) is 0.911. The number of halogens is 1. The van der Waals surface area contributed by atoms with Crippen LogP contribution in [0, 0.1) is 6.92 Å². The number of piperidine rings is 1. The van der Waals surface area contributed by atoms with Crippen molar-refractivity contribution in [3.63, 3.8) is 0 Å². The van der Waals surface area contributed by atoms with Gasteiger partial charge in [-0.2, -0.15) is 0 Å². The standard InChI is InChI=1S/C16H23ClN2O2/c1-12-10-14(6-7-15(12)17)21-9-3-5-16(20)19-13-4-2-8-18-11-13/h6-7,10,13,18H,2-5,8-9,11H2,1H3,(H,19,20). The first kappa shape index (κ1) is 16.1. The van der Waals surface area contributed by atoms with Crippen LogP contribution in [0.15, 0.2) is 18.2 Å². The van der Waals surface area contributed by atoms with Gasteiger partial charge in [0.15, 0.2) is 0 Å². The fourth-order valence-electron chi connectivity index (χ4n) is 2.40. The van der Waals surface area contributed by atoms with E-state index < -0.39 is 0 Å². The summed E-state index contributed by atoms with van der Waals surface area (Å²) < 4.78 is 5.63. The van der Waals surface area contributed by atoms with E-state index in [-0.39, 0.29) is 11.9 Å². The van der Waals surface area contributed by atoms with Crippen LogP contribution in [-0.2, 0) is 4.79 Å². The zero-order chi connectivity index (χ0) is 15.1. The van der Waals surface area contributed by atoms with Crippen LogP contribution in [0.1, 0.15) is 31.2 Å². The molecule has 5 heteroatoms. The highest BCUT2D eigenvalue weighted by Crippen LogP contribution is 2.21. The van der Waals surface area contributed by atoms with Crippen molar-refractivity contribution in [2.24, 2.45) is 0 Å². The van der Waals surface area contributed by atoms with Crippen LogP contribution in [0.5, 0.6) is 5.75 Å². The molecule has 0 radical (unpaired) electrons. The van der Waals surface area contributed by atoms with Crippen LogP contribution >= 0.6 is 11.6 Å². The molecule has 1 aliphatic heterocycles. The first-order chi connectivity index (χ1) is 10.1. The molecule has 1 aromatic rings. The van der Waals surface area contributed by atoms with Crippen molar-refractivity contribution >= 4 is 17.5 Å². The molecule has 0 spiro atoms. The monoisotopic (exact) mass is 310 g/mol. The number of carbonyl (C=O) groups excluding carboxylic acids is 1. The van der Waals surface area contributed by atoms with Crippen LogP contribution < -0.4 is 15.4 Å². The largest absolute Gasteiger partial charge is 0.494 e. The molecule has 1 unspecified atom stereocenters. The highest BCUT2D eigenvalue weighted by Gasteiger charge is 2.14. The van der Waals surface area contributed by atoms with E-state index in [1.807, 2.05) is 25.1 Å². The summed E-state index contributed by atoms with van der Waals surface area (Å²) in [6.45, 7) is 4.42. The van der Waals surface area contributed by atoms with E-state index in [9.17, 15) is 4.79 Å². The van der Waals surface area contributed by atoms with Gasteiger partial charge in [0.25, 0.3) is 0 Å². The zero-order valence-corrected chi connectivity index (χ0v) is 13.2. The van der Waals surface area contributed by atoms with Crippen LogP contribution in [0.4, 0.5) is 0 Å². The number of carbonyl (C=O) groups is 1. The molecule has 1 saturated heterocycles. The normalized spacial score (nSPS) is 18.3. The van der Waals surface area contributed by atoms with Crippen molar-refractivity contribution in [1.29, 1.82) is 0 Å². The number of ether oxygens (including phenoxy) is 1. The molecular weight excluding hydrogens is 288 g/mol. The minimum absolute atomic E-state index is 0.111. The summed E-state index contributed by atoms with van der Waals surface area (Å²) in [7, 11) is 0. The predicted octanol–water partition coefficient (Wildman–Crippen LogP) is 2.68. The summed E-state index contributed by atoms with van der Waals surface area (Å²) >= 11 is 5.96. The van der Waals surface area contributed by atoms with Gasteiger partial charge in [-0.05, 0) is 56.5 Å². The van der Waals surface area contributed by atoms with E-state index in [1.165, 1.54) is 0 Å². The maximum atomic E-state index is 11.8. The number of nitrogens with one attached hydrogen (secondary N) is 2. The minimum Gasteiger partial charge on any atom is -0.494 e. The molecule has 21 heavy (non-hydrogen) atoms. The second-order valence-electron chi connectivity index (χ2n) is 5.47. The lowest BCUT2D eigenvalue weighted by Gasteiger charge is -2.23. The van der Waals surface area contributed by atoms with Gasteiger partial charge in [0.2, 0.25) is 5.91 Å². The summed E-state index contributed by atoms with van der Waals surface area (Å²) in [5, 5.41) is 7.09. The summed E-state index contributed by atoms with van der Waals surface area (Å²) in [4.78, 5) is 11.8. The van der Waals surface area contributed by atoms with Crippen molar-refractivity contribution in [1.82, 2.24) is 10.6 Å². The van der Waals surface area contributed by atoms with Crippen LogP contribution in [0.3, 0.4) is 0 Å². The predicted molar refractivity (Wildman–Crippen MR) is 85.0 cm³/mol. The molecular formula is C16H23ClN2O2. The van der Waals surface area contributed by atoms with Crippen molar-refractivity contribution in [3.8, 4) is 5.75 Å². The first-order valence-corrected chi connectivity index (χ1v) is 7.92. The topological polar surface area (TPSA) is 50.4 Å².